The molecular weight excluding hydrogens is 378 g/mol. The second-order valence-electron chi connectivity index (χ2n) is 8.11. The highest BCUT2D eigenvalue weighted by Crippen LogP contribution is 2.23. The van der Waals surface area contributed by atoms with E-state index in [0.717, 1.165) is 41.6 Å². The van der Waals surface area contributed by atoms with Gasteiger partial charge in [-0.25, -0.2) is 4.99 Å². The van der Waals surface area contributed by atoms with Gasteiger partial charge in [0.05, 0.1) is 11.3 Å². The first-order valence-electron chi connectivity index (χ1n) is 11.0. The topological polar surface area (TPSA) is 27.6 Å². The zero-order valence-electron chi connectivity index (χ0n) is 18.4. The Morgan fingerprint density at radius 1 is 0.806 bits per heavy atom. The number of likely N-dealkylation sites (tertiary alicyclic amines) is 1. The molecule has 156 valence electrons. The van der Waals surface area contributed by atoms with Gasteiger partial charge < -0.3 is 10.2 Å². The molecule has 0 aliphatic carbocycles. The maximum absolute atomic E-state index is 5.09. The fourth-order valence-corrected chi connectivity index (χ4v) is 3.76. The number of anilines is 1. The summed E-state index contributed by atoms with van der Waals surface area (Å²) < 4.78 is 0. The lowest BCUT2D eigenvalue weighted by molar-refractivity contribution is 0.341. The molecule has 0 atom stereocenters. The standard InChI is InChI=1S/C28H29N3/c1-22-10-9-13-26(21-22)29-28(31-18-7-4-8-19-31)30-27-17-14-23(2)20-25(27)16-15-24-11-5-3-6-12-24/h3,5-6,9-14,17,20-21H,4,7-8,18-19H2,1-2H3,(H,29,30). The molecule has 1 aliphatic heterocycles. The van der Waals surface area contributed by atoms with Crippen molar-refractivity contribution in [3.8, 4) is 11.8 Å². The molecule has 31 heavy (non-hydrogen) atoms. The molecule has 0 bridgehead atoms. The van der Waals surface area contributed by atoms with Gasteiger partial charge in [0.2, 0.25) is 5.96 Å². The van der Waals surface area contributed by atoms with Gasteiger partial charge in [0.15, 0.2) is 0 Å². The molecule has 3 aromatic rings. The predicted octanol–water partition coefficient (Wildman–Crippen LogP) is 6.29. The summed E-state index contributed by atoms with van der Waals surface area (Å²) in [5, 5.41) is 3.58. The van der Waals surface area contributed by atoms with Gasteiger partial charge >= 0.3 is 0 Å². The Morgan fingerprint density at radius 3 is 2.35 bits per heavy atom. The number of benzene rings is 3. The van der Waals surface area contributed by atoms with E-state index in [9.17, 15) is 0 Å². The van der Waals surface area contributed by atoms with Gasteiger partial charge in [-0.15, -0.1) is 0 Å². The largest absolute Gasteiger partial charge is 0.342 e. The first-order valence-corrected chi connectivity index (χ1v) is 11.0. The number of aryl methyl sites for hydroxylation is 2. The van der Waals surface area contributed by atoms with Crippen LogP contribution in [0.3, 0.4) is 0 Å². The lowest BCUT2D eigenvalue weighted by atomic mass is 10.1. The highest BCUT2D eigenvalue weighted by atomic mass is 15.3. The Hall–Kier alpha value is -3.51. The van der Waals surface area contributed by atoms with Crippen LogP contribution >= 0.6 is 0 Å². The normalized spacial score (nSPS) is 14.0. The van der Waals surface area contributed by atoms with Crippen LogP contribution in [0.25, 0.3) is 0 Å². The smallest absolute Gasteiger partial charge is 0.203 e. The molecular formula is C28H29N3. The zero-order valence-corrected chi connectivity index (χ0v) is 18.4. The van der Waals surface area contributed by atoms with E-state index < -0.39 is 0 Å². The first-order chi connectivity index (χ1) is 15.2. The van der Waals surface area contributed by atoms with Crippen LogP contribution in [-0.4, -0.2) is 23.9 Å². The van der Waals surface area contributed by atoms with Crippen molar-refractivity contribution < 1.29 is 0 Å². The van der Waals surface area contributed by atoms with Crippen LogP contribution in [-0.2, 0) is 0 Å². The summed E-state index contributed by atoms with van der Waals surface area (Å²) in [6.07, 6.45) is 3.68. The van der Waals surface area contributed by atoms with E-state index in [1.807, 2.05) is 30.3 Å². The van der Waals surface area contributed by atoms with Crippen molar-refractivity contribution >= 4 is 17.3 Å². The summed E-state index contributed by atoms with van der Waals surface area (Å²) in [6.45, 7) is 6.25. The second-order valence-corrected chi connectivity index (χ2v) is 8.11. The van der Waals surface area contributed by atoms with Crippen LogP contribution < -0.4 is 5.32 Å². The summed E-state index contributed by atoms with van der Waals surface area (Å²) in [5.41, 5.74) is 6.33. The van der Waals surface area contributed by atoms with Crippen LogP contribution in [0.1, 0.15) is 41.5 Å². The number of nitrogens with one attached hydrogen (secondary N) is 1. The summed E-state index contributed by atoms with van der Waals surface area (Å²) in [7, 11) is 0. The second kappa shape index (κ2) is 10.00. The summed E-state index contributed by atoms with van der Waals surface area (Å²) in [5.74, 6) is 7.53. The Kier molecular flexibility index (Phi) is 6.69. The highest BCUT2D eigenvalue weighted by molar-refractivity contribution is 5.96. The molecule has 0 aromatic heterocycles. The maximum atomic E-state index is 5.09. The van der Waals surface area contributed by atoms with Crippen molar-refractivity contribution in [2.45, 2.75) is 33.1 Å². The van der Waals surface area contributed by atoms with E-state index in [4.69, 9.17) is 4.99 Å². The number of aliphatic imine (C=N–C) groups is 1. The summed E-state index contributed by atoms with van der Waals surface area (Å²) in [6, 6.07) is 24.8. The van der Waals surface area contributed by atoms with Crippen molar-refractivity contribution in [3.05, 3.63) is 95.1 Å². The molecule has 3 heteroatoms. The van der Waals surface area contributed by atoms with Crippen molar-refractivity contribution in [2.24, 2.45) is 4.99 Å². The van der Waals surface area contributed by atoms with Gasteiger partial charge in [0.1, 0.15) is 0 Å². The minimum atomic E-state index is 0.898. The highest BCUT2D eigenvalue weighted by Gasteiger charge is 2.16. The fraction of sp³-hybridized carbons (Fsp3) is 0.250. The third-order valence-corrected chi connectivity index (χ3v) is 5.42. The fourth-order valence-electron chi connectivity index (χ4n) is 3.76. The number of piperidine rings is 1. The minimum Gasteiger partial charge on any atom is -0.342 e. The van der Waals surface area contributed by atoms with Crippen molar-refractivity contribution in [2.75, 3.05) is 18.4 Å². The lowest BCUT2D eigenvalue weighted by Crippen LogP contribution is -2.39. The predicted molar refractivity (Wildman–Crippen MR) is 131 cm³/mol. The molecule has 3 nitrogen and oxygen atoms in total. The lowest BCUT2D eigenvalue weighted by Gasteiger charge is -2.30. The van der Waals surface area contributed by atoms with Gasteiger partial charge in [0.25, 0.3) is 0 Å². The molecule has 0 unspecified atom stereocenters. The van der Waals surface area contributed by atoms with Crippen molar-refractivity contribution in [1.29, 1.82) is 0 Å². The van der Waals surface area contributed by atoms with E-state index in [0.29, 0.717) is 0 Å². The monoisotopic (exact) mass is 407 g/mol. The Bertz CT molecular complexity index is 1110. The van der Waals surface area contributed by atoms with Gasteiger partial charge in [0, 0.05) is 24.3 Å². The van der Waals surface area contributed by atoms with E-state index >= 15 is 0 Å². The molecule has 0 spiro atoms. The van der Waals surface area contributed by atoms with E-state index in [1.54, 1.807) is 0 Å². The molecule has 0 radical (unpaired) electrons. The Morgan fingerprint density at radius 2 is 1.58 bits per heavy atom. The van der Waals surface area contributed by atoms with Crippen LogP contribution in [0.15, 0.2) is 77.8 Å². The Balaban J connectivity index is 1.71. The first kappa shape index (κ1) is 20.8. The third kappa shape index (κ3) is 5.77. The average molecular weight is 408 g/mol. The van der Waals surface area contributed by atoms with Gasteiger partial charge in [-0.2, -0.15) is 0 Å². The van der Waals surface area contributed by atoms with Crippen LogP contribution in [0.5, 0.6) is 0 Å². The molecule has 4 rings (SSSR count). The van der Waals surface area contributed by atoms with Gasteiger partial charge in [-0.05, 0) is 80.6 Å². The summed E-state index contributed by atoms with van der Waals surface area (Å²) in [4.78, 5) is 7.45. The molecule has 0 saturated carbocycles. The molecule has 3 aromatic carbocycles. The SMILES string of the molecule is Cc1cccc(NC(=Nc2ccc(C)cc2C#Cc2ccccc2)N2CCCCC2)c1. The molecule has 1 heterocycles. The minimum absolute atomic E-state index is 0.898. The average Bonchev–Trinajstić information content (AvgIpc) is 2.80. The van der Waals surface area contributed by atoms with Gasteiger partial charge in [-0.1, -0.05) is 48.2 Å². The molecule has 1 fully saturated rings. The number of rotatable bonds is 2. The molecule has 1 saturated heterocycles. The van der Waals surface area contributed by atoms with Crippen LogP contribution in [0, 0.1) is 25.7 Å². The molecule has 1 aliphatic rings. The maximum Gasteiger partial charge on any atom is 0.203 e. The van der Waals surface area contributed by atoms with Crippen molar-refractivity contribution in [1.82, 2.24) is 4.90 Å². The Labute approximate surface area is 185 Å². The number of hydrogen-bond donors (Lipinski definition) is 1. The van der Waals surface area contributed by atoms with E-state index in [2.05, 4.69) is 78.4 Å². The summed E-state index contributed by atoms with van der Waals surface area (Å²) >= 11 is 0. The van der Waals surface area contributed by atoms with Crippen LogP contribution in [0.4, 0.5) is 11.4 Å². The molecule has 1 N–H and O–H groups in total. The van der Waals surface area contributed by atoms with E-state index in [1.165, 1.54) is 30.4 Å². The third-order valence-electron chi connectivity index (χ3n) is 5.42. The zero-order chi connectivity index (χ0) is 21.5. The van der Waals surface area contributed by atoms with Crippen LogP contribution in [0.2, 0.25) is 0 Å². The quantitative estimate of drug-likeness (QED) is 0.307. The van der Waals surface area contributed by atoms with Crippen molar-refractivity contribution in [3.63, 3.8) is 0 Å². The molecule has 0 amide bonds. The number of hydrogen-bond acceptors (Lipinski definition) is 1. The number of nitrogens with zero attached hydrogens (tertiary/aromatic N) is 2. The van der Waals surface area contributed by atoms with E-state index in [-0.39, 0.29) is 0 Å². The van der Waals surface area contributed by atoms with Gasteiger partial charge in [-0.3, -0.25) is 0 Å². The number of guanidine groups is 1.